The maximum atomic E-state index is 6.08. The van der Waals surface area contributed by atoms with Crippen molar-refractivity contribution in [2.24, 2.45) is 0 Å². The SMILES string of the molecule is C=C/C=C(\B(OC(C)C)OC(C)C)[Si](C)(C)c1ccccc1. The summed E-state index contributed by atoms with van der Waals surface area (Å²) in [5, 5.41) is 2.59. The Morgan fingerprint density at radius 3 is 1.95 bits per heavy atom. The first-order valence-electron chi connectivity index (χ1n) is 7.98. The van der Waals surface area contributed by atoms with Gasteiger partial charge in [-0.05, 0) is 32.8 Å². The van der Waals surface area contributed by atoms with Crippen molar-refractivity contribution in [3.05, 3.63) is 54.2 Å². The lowest BCUT2D eigenvalue weighted by atomic mass is 9.87. The van der Waals surface area contributed by atoms with Gasteiger partial charge in [0, 0.05) is 12.2 Å². The Kier molecular flexibility index (Phi) is 7.33. The number of allylic oxidation sites excluding steroid dienone is 2. The summed E-state index contributed by atoms with van der Waals surface area (Å²) in [4.78, 5) is 0. The van der Waals surface area contributed by atoms with E-state index in [9.17, 15) is 0 Å². The molecule has 0 N–H and O–H groups in total. The van der Waals surface area contributed by atoms with Gasteiger partial charge < -0.3 is 9.31 Å². The van der Waals surface area contributed by atoms with Gasteiger partial charge in [-0.25, -0.2) is 0 Å². The average Bonchev–Trinajstić information content (AvgIpc) is 2.43. The first-order chi connectivity index (χ1) is 10.3. The summed E-state index contributed by atoms with van der Waals surface area (Å²) >= 11 is 0. The molecule has 1 aromatic carbocycles. The highest BCUT2D eigenvalue weighted by Crippen LogP contribution is 2.21. The minimum Gasteiger partial charge on any atom is -0.406 e. The summed E-state index contributed by atoms with van der Waals surface area (Å²) in [7, 11) is -2.21. The van der Waals surface area contributed by atoms with E-state index in [2.05, 4.69) is 56.1 Å². The Bertz CT molecular complexity index is 485. The lowest BCUT2D eigenvalue weighted by Crippen LogP contribution is -2.51. The van der Waals surface area contributed by atoms with Crippen molar-refractivity contribution in [3.8, 4) is 0 Å². The van der Waals surface area contributed by atoms with Crippen LogP contribution in [0.2, 0.25) is 13.1 Å². The Labute approximate surface area is 137 Å². The fraction of sp³-hybridized carbons (Fsp3) is 0.444. The summed E-state index contributed by atoms with van der Waals surface area (Å²) < 4.78 is 12.2. The van der Waals surface area contributed by atoms with E-state index >= 15 is 0 Å². The number of rotatable bonds is 8. The molecule has 0 bridgehead atoms. The number of hydrogen-bond donors (Lipinski definition) is 0. The second-order valence-corrected chi connectivity index (χ2v) is 11.0. The van der Waals surface area contributed by atoms with Gasteiger partial charge in [0.15, 0.2) is 0 Å². The Morgan fingerprint density at radius 1 is 1.05 bits per heavy atom. The van der Waals surface area contributed by atoms with Crippen molar-refractivity contribution >= 4 is 20.4 Å². The minimum atomic E-state index is -1.89. The lowest BCUT2D eigenvalue weighted by Gasteiger charge is -2.31. The van der Waals surface area contributed by atoms with E-state index in [1.165, 1.54) is 10.3 Å². The highest BCUT2D eigenvalue weighted by Gasteiger charge is 2.39. The van der Waals surface area contributed by atoms with Crippen molar-refractivity contribution < 1.29 is 9.31 Å². The van der Waals surface area contributed by atoms with Crippen molar-refractivity contribution in [1.29, 1.82) is 0 Å². The number of benzene rings is 1. The molecule has 0 aliphatic carbocycles. The minimum absolute atomic E-state index is 0.109. The average molecular weight is 316 g/mol. The number of hydrogen-bond acceptors (Lipinski definition) is 2. The quantitative estimate of drug-likeness (QED) is 0.530. The third-order valence-electron chi connectivity index (χ3n) is 3.56. The Morgan fingerprint density at radius 2 is 1.55 bits per heavy atom. The standard InChI is InChI=1S/C18H29BO2Si/c1-8-12-18(19(20-15(2)3)21-16(4)5)22(6,7)17-13-10-9-11-14-17/h8-16H,1H2,2-7H3/b18-12+. The first kappa shape index (κ1) is 18.9. The maximum absolute atomic E-state index is 6.08. The van der Waals surface area contributed by atoms with Crippen LogP contribution in [0.5, 0.6) is 0 Å². The van der Waals surface area contributed by atoms with Crippen LogP contribution in [0.25, 0.3) is 0 Å². The van der Waals surface area contributed by atoms with E-state index in [-0.39, 0.29) is 19.3 Å². The third kappa shape index (κ3) is 5.27. The molecule has 0 amide bonds. The van der Waals surface area contributed by atoms with Crippen LogP contribution < -0.4 is 5.19 Å². The van der Waals surface area contributed by atoms with E-state index < -0.39 is 8.07 Å². The molecule has 120 valence electrons. The van der Waals surface area contributed by atoms with Crippen LogP contribution in [0, 0.1) is 0 Å². The van der Waals surface area contributed by atoms with Gasteiger partial charge in [-0.15, -0.1) is 0 Å². The molecule has 0 aliphatic rings. The van der Waals surface area contributed by atoms with Crippen LogP contribution in [0.4, 0.5) is 0 Å². The first-order valence-corrected chi connectivity index (χ1v) is 11.0. The van der Waals surface area contributed by atoms with E-state index in [1.54, 1.807) is 0 Å². The van der Waals surface area contributed by atoms with Gasteiger partial charge in [0.1, 0.15) is 8.07 Å². The molecule has 0 atom stereocenters. The van der Waals surface area contributed by atoms with Gasteiger partial charge >= 0.3 is 7.12 Å². The molecule has 1 rings (SSSR count). The smallest absolute Gasteiger partial charge is 0.406 e. The molecule has 0 unspecified atom stereocenters. The molecule has 1 aromatic rings. The van der Waals surface area contributed by atoms with Crippen molar-refractivity contribution in [1.82, 2.24) is 0 Å². The molecule has 22 heavy (non-hydrogen) atoms. The fourth-order valence-corrected chi connectivity index (χ4v) is 5.02. The van der Waals surface area contributed by atoms with Crippen LogP contribution in [0.3, 0.4) is 0 Å². The molecule has 0 aliphatic heterocycles. The monoisotopic (exact) mass is 316 g/mol. The predicted molar refractivity (Wildman–Crippen MR) is 100 cm³/mol. The van der Waals surface area contributed by atoms with E-state index in [4.69, 9.17) is 9.31 Å². The molecule has 0 heterocycles. The summed E-state index contributed by atoms with van der Waals surface area (Å²) in [5.74, 6) is 0. The van der Waals surface area contributed by atoms with Crippen molar-refractivity contribution in [2.45, 2.75) is 53.0 Å². The summed E-state index contributed by atoms with van der Waals surface area (Å²) in [6.07, 6.45) is 4.14. The molecule has 0 spiro atoms. The molecular formula is C18H29BO2Si. The summed E-state index contributed by atoms with van der Waals surface area (Å²) in [6, 6.07) is 10.6. The van der Waals surface area contributed by atoms with E-state index in [0.29, 0.717) is 0 Å². The molecule has 2 nitrogen and oxygen atoms in total. The maximum Gasteiger partial charge on any atom is 0.486 e. The second kappa shape index (κ2) is 8.51. The van der Waals surface area contributed by atoms with E-state index in [0.717, 1.165) is 0 Å². The lowest BCUT2D eigenvalue weighted by molar-refractivity contribution is 0.137. The van der Waals surface area contributed by atoms with Crippen LogP contribution in [0.1, 0.15) is 27.7 Å². The molecule has 0 fully saturated rings. The molecule has 0 radical (unpaired) electrons. The topological polar surface area (TPSA) is 18.5 Å². The van der Waals surface area contributed by atoms with E-state index in [1.807, 2.05) is 33.8 Å². The zero-order chi connectivity index (χ0) is 16.8. The van der Waals surface area contributed by atoms with Gasteiger partial charge in [-0.2, -0.15) is 0 Å². The highest BCUT2D eigenvalue weighted by atomic mass is 28.3. The van der Waals surface area contributed by atoms with Gasteiger partial charge in [0.2, 0.25) is 0 Å². The molecule has 0 saturated heterocycles. The molecule has 4 heteroatoms. The van der Waals surface area contributed by atoms with Crippen LogP contribution in [-0.4, -0.2) is 27.4 Å². The highest BCUT2D eigenvalue weighted by molar-refractivity contribution is 7.04. The van der Waals surface area contributed by atoms with Gasteiger partial charge in [0.05, 0.1) is 0 Å². The molecule has 0 aromatic heterocycles. The summed E-state index contributed by atoms with van der Waals surface area (Å²) in [5.41, 5.74) is 0. The Balaban J connectivity index is 3.24. The second-order valence-electron chi connectivity index (χ2n) is 6.55. The normalized spacial score (nSPS) is 12.8. The molecular weight excluding hydrogens is 287 g/mol. The van der Waals surface area contributed by atoms with Crippen molar-refractivity contribution in [2.75, 3.05) is 0 Å². The van der Waals surface area contributed by atoms with Crippen LogP contribution in [0.15, 0.2) is 54.2 Å². The fourth-order valence-electron chi connectivity index (χ4n) is 2.40. The van der Waals surface area contributed by atoms with Gasteiger partial charge in [-0.3, -0.25) is 0 Å². The zero-order valence-electron chi connectivity index (χ0n) is 14.8. The van der Waals surface area contributed by atoms with Crippen molar-refractivity contribution in [3.63, 3.8) is 0 Å². The zero-order valence-corrected chi connectivity index (χ0v) is 15.8. The summed E-state index contributed by atoms with van der Waals surface area (Å²) in [6.45, 7) is 16.7. The molecule has 0 saturated carbocycles. The Hall–Kier alpha value is -1.10. The van der Waals surface area contributed by atoms with Crippen LogP contribution in [-0.2, 0) is 9.31 Å². The van der Waals surface area contributed by atoms with Gasteiger partial charge in [0.25, 0.3) is 0 Å². The third-order valence-corrected chi connectivity index (χ3v) is 7.18. The van der Waals surface area contributed by atoms with Crippen LogP contribution >= 0.6 is 0 Å². The predicted octanol–water partition coefficient (Wildman–Crippen LogP) is 4.13. The van der Waals surface area contributed by atoms with Gasteiger partial charge in [-0.1, -0.05) is 67.3 Å². The largest absolute Gasteiger partial charge is 0.486 e.